The second kappa shape index (κ2) is 4.35. The van der Waals surface area contributed by atoms with Crippen LogP contribution in [0.1, 0.15) is 24.0 Å². The van der Waals surface area contributed by atoms with E-state index in [1.54, 1.807) is 13.0 Å². The van der Waals surface area contributed by atoms with E-state index in [-0.39, 0.29) is 11.7 Å². The summed E-state index contributed by atoms with van der Waals surface area (Å²) in [5, 5.41) is 0. The molecule has 0 heterocycles. The molecular weight excluding hydrogens is 169 g/mol. The molecule has 1 aromatic rings. The topological polar surface area (TPSA) is 35.2 Å². The Morgan fingerprint density at radius 1 is 1.54 bits per heavy atom. The molecule has 0 aromatic heterocycles. The zero-order chi connectivity index (χ0) is 9.84. The molecule has 13 heavy (non-hydrogen) atoms. The van der Waals surface area contributed by atoms with Gasteiger partial charge in [-0.3, -0.25) is 0 Å². The number of benzene rings is 1. The van der Waals surface area contributed by atoms with E-state index in [0.717, 1.165) is 5.56 Å². The molecule has 3 heteroatoms. The van der Waals surface area contributed by atoms with Crippen molar-refractivity contribution in [3.05, 3.63) is 35.1 Å². The molecule has 0 spiro atoms. The van der Waals surface area contributed by atoms with Crippen LogP contribution in [0.15, 0.2) is 18.2 Å². The second-order valence-electron chi connectivity index (χ2n) is 3.24. The summed E-state index contributed by atoms with van der Waals surface area (Å²) in [6.45, 7) is 4.18. The standard InChI is InChI=1S/C10H14FNO/c1-7-5-9(3-4-10(7)11)8(2)6-13-12/h3-5,8H,6,12H2,1-2H3. The Morgan fingerprint density at radius 2 is 2.23 bits per heavy atom. The Bertz CT molecular complexity index is 288. The van der Waals surface area contributed by atoms with E-state index in [1.807, 2.05) is 13.0 Å². The van der Waals surface area contributed by atoms with E-state index in [9.17, 15) is 4.39 Å². The molecule has 2 N–H and O–H groups in total. The highest BCUT2D eigenvalue weighted by Crippen LogP contribution is 2.18. The number of hydrogen-bond donors (Lipinski definition) is 1. The predicted octanol–water partition coefficient (Wildman–Crippen LogP) is 2.13. The van der Waals surface area contributed by atoms with Crippen LogP contribution in [-0.2, 0) is 4.84 Å². The largest absolute Gasteiger partial charge is 0.304 e. The zero-order valence-electron chi connectivity index (χ0n) is 7.88. The normalized spacial score (nSPS) is 12.9. The monoisotopic (exact) mass is 183 g/mol. The van der Waals surface area contributed by atoms with Gasteiger partial charge in [0.25, 0.3) is 0 Å². The van der Waals surface area contributed by atoms with Crippen LogP contribution in [0.4, 0.5) is 4.39 Å². The van der Waals surface area contributed by atoms with Gasteiger partial charge in [-0.1, -0.05) is 19.1 Å². The van der Waals surface area contributed by atoms with E-state index >= 15 is 0 Å². The first-order valence-corrected chi connectivity index (χ1v) is 4.23. The third-order valence-corrected chi connectivity index (χ3v) is 2.10. The van der Waals surface area contributed by atoms with Crippen molar-refractivity contribution in [2.24, 2.45) is 5.90 Å². The molecule has 1 aromatic carbocycles. The van der Waals surface area contributed by atoms with Crippen LogP contribution in [-0.4, -0.2) is 6.61 Å². The summed E-state index contributed by atoms with van der Waals surface area (Å²) in [4.78, 5) is 4.53. The van der Waals surface area contributed by atoms with Crippen molar-refractivity contribution in [3.63, 3.8) is 0 Å². The summed E-state index contributed by atoms with van der Waals surface area (Å²) in [6.07, 6.45) is 0. The van der Waals surface area contributed by atoms with Crippen LogP contribution < -0.4 is 5.90 Å². The van der Waals surface area contributed by atoms with E-state index in [0.29, 0.717) is 12.2 Å². The molecule has 0 saturated carbocycles. The Hall–Kier alpha value is -0.930. The van der Waals surface area contributed by atoms with Gasteiger partial charge in [0.1, 0.15) is 5.82 Å². The number of nitrogens with two attached hydrogens (primary N) is 1. The van der Waals surface area contributed by atoms with Gasteiger partial charge < -0.3 is 4.84 Å². The quantitative estimate of drug-likeness (QED) is 0.728. The molecule has 1 unspecified atom stereocenters. The minimum Gasteiger partial charge on any atom is -0.304 e. The van der Waals surface area contributed by atoms with Gasteiger partial charge in [0.2, 0.25) is 0 Å². The summed E-state index contributed by atoms with van der Waals surface area (Å²) in [7, 11) is 0. The van der Waals surface area contributed by atoms with Crippen molar-refractivity contribution < 1.29 is 9.23 Å². The average Bonchev–Trinajstić information content (AvgIpc) is 2.10. The van der Waals surface area contributed by atoms with Gasteiger partial charge in [0, 0.05) is 5.92 Å². The van der Waals surface area contributed by atoms with Crippen LogP contribution >= 0.6 is 0 Å². The lowest BCUT2D eigenvalue weighted by molar-refractivity contribution is 0.126. The fraction of sp³-hybridized carbons (Fsp3) is 0.400. The summed E-state index contributed by atoms with van der Waals surface area (Å²) >= 11 is 0. The van der Waals surface area contributed by atoms with Crippen molar-refractivity contribution in [1.29, 1.82) is 0 Å². The van der Waals surface area contributed by atoms with Gasteiger partial charge >= 0.3 is 0 Å². The van der Waals surface area contributed by atoms with Crippen molar-refractivity contribution in [1.82, 2.24) is 0 Å². The molecule has 0 aliphatic heterocycles. The highest BCUT2D eigenvalue weighted by Gasteiger charge is 2.06. The lowest BCUT2D eigenvalue weighted by atomic mass is 10.0. The number of aryl methyl sites for hydroxylation is 1. The molecule has 72 valence electrons. The van der Waals surface area contributed by atoms with Gasteiger partial charge in [-0.2, -0.15) is 0 Å². The van der Waals surface area contributed by atoms with E-state index < -0.39 is 0 Å². The maximum Gasteiger partial charge on any atom is 0.126 e. The van der Waals surface area contributed by atoms with Gasteiger partial charge in [0.05, 0.1) is 6.61 Å². The average molecular weight is 183 g/mol. The lowest BCUT2D eigenvalue weighted by Gasteiger charge is -2.10. The minimum absolute atomic E-state index is 0.176. The fourth-order valence-corrected chi connectivity index (χ4v) is 1.21. The summed E-state index contributed by atoms with van der Waals surface area (Å²) in [5.74, 6) is 4.98. The molecule has 0 radical (unpaired) electrons. The Balaban J connectivity index is 2.84. The van der Waals surface area contributed by atoms with Crippen LogP contribution in [0.25, 0.3) is 0 Å². The van der Waals surface area contributed by atoms with Crippen molar-refractivity contribution in [2.45, 2.75) is 19.8 Å². The minimum atomic E-state index is -0.176. The van der Waals surface area contributed by atoms with E-state index in [2.05, 4.69) is 4.84 Å². The number of rotatable bonds is 3. The molecule has 0 bridgehead atoms. The maximum absolute atomic E-state index is 12.9. The molecule has 0 saturated heterocycles. The van der Waals surface area contributed by atoms with Crippen molar-refractivity contribution in [3.8, 4) is 0 Å². The van der Waals surface area contributed by atoms with Gasteiger partial charge in [-0.05, 0) is 24.1 Å². The number of hydrogen-bond acceptors (Lipinski definition) is 2. The van der Waals surface area contributed by atoms with Gasteiger partial charge in [-0.15, -0.1) is 0 Å². The first kappa shape index (κ1) is 10.2. The SMILES string of the molecule is Cc1cc(C(C)CON)ccc1F. The Kier molecular flexibility index (Phi) is 3.39. The highest BCUT2D eigenvalue weighted by molar-refractivity contribution is 5.26. The van der Waals surface area contributed by atoms with Crippen LogP contribution in [0, 0.1) is 12.7 Å². The van der Waals surface area contributed by atoms with Crippen molar-refractivity contribution >= 4 is 0 Å². The smallest absolute Gasteiger partial charge is 0.126 e. The zero-order valence-corrected chi connectivity index (χ0v) is 7.88. The highest BCUT2D eigenvalue weighted by atomic mass is 19.1. The molecule has 1 rings (SSSR count). The van der Waals surface area contributed by atoms with E-state index in [1.165, 1.54) is 6.07 Å². The second-order valence-corrected chi connectivity index (χ2v) is 3.24. The molecule has 2 nitrogen and oxygen atoms in total. The summed E-state index contributed by atoms with van der Waals surface area (Å²) in [5.41, 5.74) is 1.70. The molecular formula is C10H14FNO. The van der Waals surface area contributed by atoms with Crippen LogP contribution in [0.5, 0.6) is 0 Å². The molecule has 0 fully saturated rings. The Morgan fingerprint density at radius 3 is 2.77 bits per heavy atom. The van der Waals surface area contributed by atoms with Crippen LogP contribution in [0.2, 0.25) is 0 Å². The third-order valence-electron chi connectivity index (χ3n) is 2.10. The molecule has 0 aliphatic rings. The predicted molar refractivity (Wildman–Crippen MR) is 49.7 cm³/mol. The lowest BCUT2D eigenvalue weighted by Crippen LogP contribution is -2.08. The first-order valence-electron chi connectivity index (χ1n) is 4.23. The first-order chi connectivity index (χ1) is 6.15. The fourth-order valence-electron chi connectivity index (χ4n) is 1.21. The van der Waals surface area contributed by atoms with Crippen molar-refractivity contribution in [2.75, 3.05) is 6.61 Å². The third kappa shape index (κ3) is 2.50. The molecule has 0 aliphatic carbocycles. The van der Waals surface area contributed by atoms with Crippen LogP contribution in [0.3, 0.4) is 0 Å². The number of halogens is 1. The maximum atomic E-state index is 12.9. The van der Waals surface area contributed by atoms with E-state index in [4.69, 9.17) is 5.90 Å². The molecule has 0 amide bonds. The van der Waals surface area contributed by atoms with Gasteiger partial charge in [0.15, 0.2) is 0 Å². The van der Waals surface area contributed by atoms with Gasteiger partial charge in [-0.25, -0.2) is 10.3 Å². The summed E-state index contributed by atoms with van der Waals surface area (Å²) < 4.78 is 12.9. The Labute approximate surface area is 77.5 Å². The summed E-state index contributed by atoms with van der Waals surface area (Å²) in [6, 6.07) is 5.04. The molecule has 1 atom stereocenters.